The quantitative estimate of drug-likeness (QED) is 0.226. The van der Waals surface area contributed by atoms with Gasteiger partial charge in [-0.3, -0.25) is 0 Å². The molecule has 0 aromatic carbocycles. The third-order valence-corrected chi connectivity index (χ3v) is 5.03. The van der Waals surface area contributed by atoms with Crippen molar-refractivity contribution >= 4 is 0 Å². The normalized spacial score (nSPS) is 21.7. The summed E-state index contributed by atoms with van der Waals surface area (Å²) in [5.74, 6) is 2.12. The van der Waals surface area contributed by atoms with Crippen molar-refractivity contribution in [2.24, 2.45) is 11.8 Å². The van der Waals surface area contributed by atoms with Crippen molar-refractivity contribution in [2.45, 2.75) is 104 Å². The second-order valence-corrected chi connectivity index (χ2v) is 7.46. The Kier molecular flexibility index (Phi) is 12.5. The molecular formula is C22H40. The molecule has 0 aromatic heterocycles. The van der Waals surface area contributed by atoms with Crippen molar-refractivity contribution in [1.29, 1.82) is 0 Å². The smallest absolute Gasteiger partial charge is 0.0169 e. The van der Waals surface area contributed by atoms with E-state index < -0.39 is 0 Å². The van der Waals surface area contributed by atoms with Crippen LogP contribution in [0.1, 0.15) is 104 Å². The SMILES string of the molecule is CCCCC/C=C\C/C=C\CCCCCCCC1CC(C)C1. The van der Waals surface area contributed by atoms with Gasteiger partial charge in [-0.2, -0.15) is 0 Å². The van der Waals surface area contributed by atoms with Gasteiger partial charge in [-0.15, -0.1) is 0 Å². The Morgan fingerprint density at radius 2 is 1.32 bits per heavy atom. The van der Waals surface area contributed by atoms with Crippen molar-refractivity contribution in [3.8, 4) is 0 Å². The first-order valence-corrected chi connectivity index (χ1v) is 10.1. The molecule has 1 aliphatic carbocycles. The second kappa shape index (κ2) is 14.1. The molecule has 0 heteroatoms. The molecule has 0 radical (unpaired) electrons. The molecule has 0 amide bonds. The van der Waals surface area contributed by atoms with Gasteiger partial charge < -0.3 is 0 Å². The average Bonchev–Trinajstić information content (AvgIpc) is 2.49. The third-order valence-electron chi connectivity index (χ3n) is 5.03. The number of rotatable bonds is 14. The van der Waals surface area contributed by atoms with Crippen molar-refractivity contribution < 1.29 is 0 Å². The van der Waals surface area contributed by atoms with Crippen LogP contribution >= 0.6 is 0 Å². The molecule has 0 spiro atoms. The second-order valence-electron chi connectivity index (χ2n) is 7.46. The van der Waals surface area contributed by atoms with Crippen LogP contribution in [-0.4, -0.2) is 0 Å². The molecule has 0 unspecified atom stereocenters. The van der Waals surface area contributed by atoms with Crippen molar-refractivity contribution in [3.05, 3.63) is 24.3 Å². The van der Waals surface area contributed by atoms with E-state index in [-0.39, 0.29) is 0 Å². The Balaban J connectivity index is 1.74. The fourth-order valence-corrected chi connectivity index (χ4v) is 3.55. The summed E-state index contributed by atoms with van der Waals surface area (Å²) in [6.45, 7) is 4.66. The summed E-state index contributed by atoms with van der Waals surface area (Å²) in [7, 11) is 0. The molecule has 0 bridgehead atoms. The van der Waals surface area contributed by atoms with Crippen LogP contribution < -0.4 is 0 Å². The van der Waals surface area contributed by atoms with Gasteiger partial charge in [-0.1, -0.05) is 83.1 Å². The van der Waals surface area contributed by atoms with Gasteiger partial charge in [0.2, 0.25) is 0 Å². The van der Waals surface area contributed by atoms with Crippen LogP contribution in [0.25, 0.3) is 0 Å². The Labute approximate surface area is 140 Å². The first-order chi connectivity index (χ1) is 10.8. The summed E-state index contributed by atoms with van der Waals surface area (Å²) in [5.41, 5.74) is 0. The van der Waals surface area contributed by atoms with E-state index in [4.69, 9.17) is 0 Å². The first-order valence-electron chi connectivity index (χ1n) is 10.1. The van der Waals surface area contributed by atoms with Gasteiger partial charge in [0, 0.05) is 0 Å². The highest BCUT2D eigenvalue weighted by molar-refractivity contribution is 4.92. The zero-order valence-electron chi connectivity index (χ0n) is 15.4. The highest BCUT2D eigenvalue weighted by Gasteiger charge is 2.24. The van der Waals surface area contributed by atoms with Crippen LogP contribution in [0.5, 0.6) is 0 Å². The van der Waals surface area contributed by atoms with E-state index in [9.17, 15) is 0 Å². The minimum absolute atomic E-state index is 1.03. The fraction of sp³-hybridized carbons (Fsp3) is 0.818. The molecule has 1 fully saturated rings. The van der Waals surface area contributed by atoms with E-state index in [2.05, 4.69) is 38.2 Å². The number of hydrogen-bond donors (Lipinski definition) is 0. The molecule has 0 N–H and O–H groups in total. The van der Waals surface area contributed by atoms with Gasteiger partial charge in [0.15, 0.2) is 0 Å². The van der Waals surface area contributed by atoms with Crippen molar-refractivity contribution in [3.63, 3.8) is 0 Å². The van der Waals surface area contributed by atoms with Crippen molar-refractivity contribution in [2.75, 3.05) is 0 Å². The van der Waals surface area contributed by atoms with Crippen LogP contribution in [0, 0.1) is 11.8 Å². The molecular weight excluding hydrogens is 264 g/mol. The Morgan fingerprint density at radius 1 is 0.727 bits per heavy atom. The lowest BCUT2D eigenvalue weighted by atomic mass is 9.74. The molecule has 1 aliphatic rings. The predicted octanol–water partition coefficient (Wildman–Crippen LogP) is 7.85. The van der Waals surface area contributed by atoms with Gasteiger partial charge in [0.25, 0.3) is 0 Å². The van der Waals surface area contributed by atoms with E-state index in [1.54, 1.807) is 0 Å². The molecule has 22 heavy (non-hydrogen) atoms. The predicted molar refractivity (Wildman–Crippen MR) is 101 cm³/mol. The van der Waals surface area contributed by atoms with Crippen molar-refractivity contribution in [1.82, 2.24) is 0 Å². The third kappa shape index (κ3) is 11.1. The highest BCUT2D eigenvalue weighted by atomic mass is 14.3. The molecule has 0 nitrogen and oxygen atoms in total. The monoisotopic (exact) mass is 304 g/mol. The summed E-state index contributed by atoms with van der Waals surface area (Å²) in [6, 6.07) is 0. The summed E-state index contributed by atoms with van der Waals surface area (Å²) < 4.78 is 0. The Hall–Kier alpha value is -0.520. The largest absolute Gasteiger partial charge is 0.0882 e. The van der Waals surface area contributed by atoms with E-state index in [0.717, 1.165) is 18.3 Å². The molecule has 0 aromatic rings. The lowest BCUT2D eigenvalue weighted by Gasteiger charge is -2.32. The summed E-state index contributed by atoms with van der Waals surface area (Å²) >= 11 is 0. The van der Waals surface area contributed by atoms with Gasteiger partial charge in [0.1, 0.15) is 0 Å². The molecule has 0 aliphatic heterocycles. The Bertz CT molecular complexity index is 280. The van der Waals surface area contributed by atoms with E-state index >= 15 is 0 Å². The van der Waals surface area contributed by atoms with Gasteiger partial charge in [-0.05, 0) is 56.8 Å². The molecule has 128 valence electrons. The van der Waals surface area contributed by atoms with Crippen LogP contribution in [0.3, 0.4) is 0 Å². The van der Waals surface area contributed by atoms with Crippen LogP contribution in [0.15, 0.2) is 24.3 Å². The first kappa shape index (κ1) is 19.5. The minimum Gasteiger partial charge on any atom is -0.0882 e. The minimum atomic E-state index is 1.03. The van der Waals surface area contributed by atoms with E-state index in [1.165, 1.54) is 83.5 Å². The zero-order chi connectivity index (χ0) is 15.9. The topological polar surface area (TPSA) is 0 Å². The Morgan fingerprint density at radius 3 is 1.95 bits per heavy atom. The molecule has 0 atom stereocenters. The number of hydrogen-bond acceptors (Lipinski definition) is 0. The van der Waals surface area contributed by atoms with Crippen LogP contribution in [-0.2, 0) is 0 Å². The van der Waals surface area contributed by atoms with Gasteiger partial charge in [0.05, 0.1) is 0 Å². The lowest BCUT2D eigenvalue weighted by molar-refractivity contribution is 0.195. The van der Waals surface area contributed by atoms with Crippen LogP contribution in [0.2, 0.25) is 0 Å². The van der Waals surface area contributed by atoms with Gasteiger partial charge in [-0.25, -0.2) is 0 Å². The standard InChI is InChI=1S/C22H40/c1-3-4-5-6-7-8-9-10-11-12-13-14-15-16-17-18-22-19-21(2)20-22/h7-8,10-11,21-22H,3-6,9,12-20H2,1-2H3/b8-7-,11-10-. The average molecular weight is 305 g/mol. The van der Waals surface area contributed by atoms with E-state index in [1.807, 2.05) is 0 Å². The number of unbranched alkanes of at least 4 members (excludes halogenated alkanes) is 8. The molecule has 0 heterocycles. The van der Waals surface area contributed by atoms with Gasteiger partial charge >= 0.3 is 0 Å². The zero-order valence-corrected chi connectivity index (χ0v) is 15.4. The highest BCUT2D eigenvalue weighted by Crippen LogP contribution is 2.36. The van der Waals surface area contributed by atoms with Crippen LogP contribution in [0.4, 0.5) is 0 Å². The molecule has 1 rings (SSSR count). The van der Waals surface area contributed by atoms with E-state index in [0.29, 0.717) is 0 Å². The molecule has 1 saturated carbocycles. The maximum Gasteiger partial charge on any atom is -0.0169 e. The summed E-state index contributed by atoms with van der Waals surface area (Å²) in [4.78, 5) is 0. The number of allylic oxidation sites excluding steroid dienone is 4. The fourth-order valence-electron chi connectivity index (χ4n) is 3.55. The maximum atomic E-state index is 2.40. The summed E-state index contributed by atoms with van der Waals surface area (Å²) in [6.07, 6.45) is 28.9. The maximum absolute atomic E-state index is 2.40. The molecule has 0 saturated heterocycles. The summed E-state index contributed by atoms with van der Waals surface area (Å²) in [5, 5.41) is 0. The lowest BCUT2D eigenvalue weighted by Crippen LogP contribution is -2.20.